The van der Waals surface area contributed by atoms with Crippen molar-refractivity contribution in [2.24, 2.45) is 0 Å². The predicted octanol–water partition coefficient (Wildman–Crippen LogP) is 3.84. The van der Waals surface area contributed by atoms with Crippen LogP contribution in [-0.2, 0) is 14.3 Å². The van der Waals surface area contributed by atoms with Gasteiger partial charge in [0.1, 0.15) is 23.9 Å². The number of halogens is 1. The number of likely N-dealkylation sites (tertiary alicyclic amines) is 1. The zero-order chi connectivity index (χ0) is 25.7. The van der Waals surface area contributed by atoms with E-state index in [9.17, 15) is 19.1 Å². The molecule has 1 amide bonds. The molecule has 0 radical (unpaired) electrons. The Balaban J connectivity index is 1.66. The highest BCUT2D eigenvalue weighted by atomic mass is 19.1. The predicted molar refractivity (Wildman–Crippen MR) is 134 cm³/mol. The van der Waals surface area contributed by atoms with Crippen molar-refractivity contribution in [1.82, 2.24) is 9.80 Å². The van der Waals surface area contributed by atoms with Crippen LogP contribution < -0.4 is 4.74 Å². The van der Waals surface area contributed by atoms with E-state index in [1.54, 1.807) is 36.4 Å². The summed E-state index contributed by atoms with van der Waals surface area (Å²) in [5, 5.41) is 11.3. The molecule has 2 fully saturated rings. The molecule has 4 rings (SSSR count). The molecule has 0 spiro atoms. The molecule has 1 N–H and O–H groups in total. The summed E-state index contributed by atoms with van der Waals surface area (Å²) < 4.78 is 24.7. The maximum absolute atomic E-state index is 13.7. The second-order valence-corrected chi connectivity index (χ2v) is 8.93. The summed E-state index contributed by atoms with van der Waals surface area (Å²) in [4.78, 5) is 30.0. The van der Waals surface area contributed by atoms with E-state index in [4.69, 9.17) is 9.47 Å². The molecule has 8 heteroatoms. The van der Waals surface area contributed by atoms with Crippen molar-refractivity contribution in [2.45, 2.75) is 19.4 Å². The molecular formula is C28H31FN2O5. The van der Waals surface area contributed by atoms with E-state index in [0.717, 1.165) is 25.2 Å². The van der Waals surface area contributed by atoms with Crippen LogP contribution in [0.25, 0.3) is 5.76 Å². The quantitative estimate of drug-likeness (QED) is 0.247. The third kappa shape index (κ3) is 5.50. The molecular weight excluding hydrogens is 463 g/mol. The Hall–Kier alpha value is -3.49. The maximum atomic E-state index is 13.7. The van der Waals surface area contributed by atoms with E-state index in [-0.39, 0.29) is 11.3 Å². The lowest BCUT2D eigenvalue weighted by molar-refractivity contribution is -0.140. The first-order valence-corrected chi connectivity index (χ1v) is 12.1. The van der Waals surface area contributed by atoms with Crippen molar-refractivity contribution in [3.63, 3.8) is 0 Å². The molecule has 0 aliphatic carbocycles. The molecule has 1 unspecified atom stereocenters. The summed E-state index contributed by atoms with van der Waals surface area (Å²) in [5.74, 6) is -1.48. The highest BCUT2D eigenvalue weighted by Crippen LogP contribution is 2.40. The fourth-order valence-electron chi connectivity index (χ4n) is 4.65. The van der Waals surface area contributed by atoms with Gasteiger partial charge in [0, 0.05) is 31.7 Å². The number of hydrogen-bond donors (Lipinski definition) is 1. The lowest BCUT2D eigenvalue weighted by Gasteiger charge is -2.29. The van der Waals surface area contributed by atoms with Crippen LogP contribution in [0.5, 0.6) is 5.75 Å². The lowest BCUT2D eigenvalue weighted by atomic mass is 9.94. The number of nitrogens with zero attached hydrogens (tertiary/aromatic N) is 2. The molecule has 190 valence electrons. The van der Waals surface area contributed by atoms with Crippen molar-refractivity contribution in [1.29, 1.82) is 0 Å². The fourth-order valence-corrected chi connectivity index (χ4v) is 4.65. The summed E-state index contributed by atoms with van der Waals surface area (Å²) >= 11 is 0. The smallest absolute Gasteiger partial charge is 0.295 e. The summed E-state index contributed by atoms with van der Waals surface area (Å²) in [5.41, 5.74) is 1.72. The van der Waals surface area contributed by atoms with Crippen LogP contribution in [0.2, 0.25) is 0 Å². The van der Waals surface area contributed by atoms with Crippen LogP contribution >= 0.6 is 0 Å². The average molecular weight is 495 g/mol. The molecule has 2 aromatic carbocycles. The Labute approximate surface area is 210 Å². The summed E-state index contributed by atoms with van der Waals surface area (Å²) in [6, 6.07) is 9.93. The molecule has 0 saturated carbocycles. The lowest BCUT2D eigenvalue weighted by Crippen LogP contribution is -2.38. The monoisotopic (exact) mass is 494 g/mol. The molecule has 1 atom stereocenters. The Morgan fingerprint density at radius 1 is 1.17 bits per heavy atom. The number of hydrogen-bond acceptors (Lipinski definition) is 6. The average Bonchev–Trinajstić information content (AvgIpc) is 3.13. The van der Waals surface area contributed by atoms with Gasteiger partial charge < -0.3 is 19.5 Å². The molecule has 2 heterocycles. The zero-order valence-electron chi connectivity index (χ0n) is 20.4. The molecule has 0 bridgehead atoms. The third-order valence-corrected chi connectivity index (χ3v) is 6.51. The van der Waals surface area contributed by atoms with Gasteiger partial charge in [-0.3, -0.25) is 14.5 Å². The number of ketones is 1. The Kier molecular flexibility index (Phi) is 8.18. The SMILES string of the molecule is C=CCOc1ccc(/C(O)=C2\C(=O)C(=O)N(CCCN3CCOCC3)C2c2ccc(F)cc2)cc1C. The van der Waals surface area contributed by atoms with E-state index in [1.807, 2.05) is 6.92 Å². The van der Waals surface area contributed by atoms with E-state index in [2.05, 4.69) is 11.5 Å². The van der Waals surface area contributed by atoms with Gasteiger partial charge in [-0.2, -0.15) is 0 Å². The minimum absolute atomic E-state index is 0.00265. The number of benzene rings is 2. The second-order valence-electron chi connectivity index (χ2n) is 8.93. The highest BCUT2D eigenvalue weighted by Gasteiger charge is 2.45. The van der Waals surface area contributed by atoms with Crippen LogP contribution in [0.15, 0.2) is 60.7 Å². The van der Waals surface area contributed by atoms with Gasteiger partial charge in [-0.25, -0.2) is 4.39 Å². The Bertz CT molecular complexity index is 1160. The van der Waals surface area contributed by atoms with Gasteiger partial charge in [0.05, 0.1) is 24.8 Å². The second kappa shape index (κ2) is 11.5. The van der Waals surface area contributed by atoms with Crippen molar-refractivity contribution in [3.8, 4) is 5.75 Å². The van der Waals surface area contributed by atoms with Crippen molar-refractivity contribution < 1.29 is 28.6 Å². The van der Waals surface area contributed by atoms with Crippen LogP contribution in [-0.4, -0.2) is 72.6 Å². The molecule has 2 saturated heterocycles. The number of morpholine rings is 1. The normalized spacial score (nSPS) is 20.1. The highest BCUT2D eigenvalue weighted by molar-refractivity contribution is 6.46. The van der Waals surface area contributed by atoms with Gasteiger partial charge >= 0.3 is 0 Å². The number of carbonyl (C=O) groups excluding carboxylic acids is 2. The fraction of sp³-hybridized carbons (Fsp3) is 0.357. The van der Waals surface area contributed by atoms with Crippen LogP contribution in [0, 0.1) is 12.7 Å². The van der Waals surface area contributed by atoms with E-state index in [1.165, 1.54) is 17.0 Å². The van der Waals surface area contributed by atoms with Crippen LogP contribution in [0.1, 0.15) is 29.2 Å². The topological polar surface area (TPSA) is 79.3 Å². The molecule has 36 heavy (non-hydrogen) atoms. The minimum atomic E-state index is -0.813. The van der Waals surface area contributed by atoms with E-state index < -0.39 is 23.5 Å². The number of aliphatic hydroxyl groups excluding tert-OH is 1. The molecule has 7 nitrogen and oxygen atoms in total. The van der Waals surface area contributed by atoms with Gasteiger partial charge in [0.2, 0.25) is 0 Å². The van der Waals surface area contributed by atoms with Crippen molar-refractivity contribution in [3.05, 3.63) is 83.2 Å². The zero-order valence-corrected chi connectivity index (χ0v) is 20.4. The van der Waals surface area contributed by atoms with Crippen LogP contribution in [0.4, 0.5) is 4.39 Å². The first-order chi connectivity index (χ1) is 17.4. The third-order valence-electron chi connectivity index (χ3n) is 6.51. The van der Waals surface area contributed by atoms with Gasteiger partial charge in [-0.1, -0.05) is 24.8 Å². The number of aliphatic hydroxyl groups is 1. The van der Waals surface area contributed by atoms with Gasteiger partial charge in [-0.05, 0) is 54.8 Å². The van der Waals surface area contributed by atoms with E-state index >= 15 is 0 Å². The number of rotatable bonds is 9. The standard InChI is InChI=1S/C28H31FN2O5/c1-3-15-36-23-10-7-21(18-19(23)2)26(32)24-25(20-5-8-22(29)9-6-20)31(28(34)27(24)33)12-4-11-30-13-16-35-17-14-30/h3,5-10,18,25,32H,1,4,11-17H2,2H3/b26-24+. The van der Waals surface area contributed by atoms with Crippen LogP contribution in [0.3, 0.4) is 0 Å². The maximum Gasteiger partial charge on any atom is 0.295 e. The van der Waals surface area contributed by atoms with Gasteiger partial charge in [0.25, 0.3) is 11.7 Å². The number of ether oxygens (including phenoxy) is 2. The minimum Gasteiger partial charge on any atom is -0.507 e. The Morgan fingerprint density at radius 3 is 2.56 bits per heavy atom. The summed E-state index contributed by atoms with van der Waals surface area (Å²) in [7, 11) is 0. The van der Waals surface area contributed by atoms with Gasteiger partial charge in [0.15, 0.2) is 0 Å². The Morgan fingerprint density at radius 2 is 1.89 bits per heavy atom. The number of aryl methyl sites for hydroxylation is 1. The summed E-state index contributed by atoms with van der Waals surface area (Å²) in [6.07, 6.45) is 2.29. The van der Waals surface area contributed by atoms with Crippen molar-refractivity contribution in [2.75, 3.05) is 46.0 Å². The summed E-state index contributed by atoms with van der Waals surface area (Å²) in [6.45, 7) is 9.90. The largest absolute Gasteiger partial charge is 0.507 e. The first kappa shape index (κ1) is 25.6. The molecule has 0 aromatic heterocycles. The van der Waals surface area contributed by atoms with E-state index in [0.29, 0.717) is 49.7 Å². The number of carbonyl (C=O) groups is 2. The first-order valence-electron chi connectivity index (χ1n) is 12.1. The number of Topliss-reactive ketones (excluding diaryl/α,β-unsaturated/α-hetero) is 1. The number of amides is 1. The van der Waals surface area contributed by atoms with Crippen molar-refractivity contribution >= 4 is 17.4 Å². The van der Waals surface area contributed by atoms with Gasteiger partial charge in [-0.15, -0.1) is 0 Å². The molecule has 2 aromatic rings. The molecule has 2 aliphatic rings. The molecule has 2 aliphatic heterocycles.